The van der Waals surface area contributed by atoms with Crippen molar-refractivity contribution in [2.24, 2.45) is 0 Å². The molecule has 26 heavy (non-hydrogen) atoms. The quantitative estimate of drug-likeness (QED) is 0.272. The highest BCUT2D eigenvalue weighted by molar-refractivity contribution is 6.16. The summed E-state index contributed by atoms with van der Waals surface area (Å²) in [6.45, 7) is 10.6. The van der Waals surface area contributed by atoms with Crippen LogP contribution in [0, 0.1) is 0 Å². The van der Waals surface area contributed by atoms with Crippen LogP contribution in [0.4, 0.5) is 0 Å². The topological polar surface area (TPSA) is 18.5 Å². The van der Waals surface area contributed by atoms with Gasteiger partial charge in [-0.15, -0.1) is 0 Å². The Balaban J connectivity index is 2.93. The summed E-state index contributed by atoms with van der Waals surface area (Å²) in [5.41, 5.74) is 1.37. The van der Waals surface area contributed by atoms with Gasteiger partial charge in [0.05, 0.1) is 13.2 Å². The number of benzene rings is 1. The molecule has 0 N–H and O–H groups in total. The summed E-state index contributed by atoms with van der Waals surface area (Å²) < 4.78 is 12.2. The van der Waals surface area contributed by atoms with E-state index in [1.807, 2.05) is 0 Å². The Labute approximate surface area is 163 Å². The standard InChI is InChI=1S/C23H41BO2/c1-5-9-12-15-25-21-17-20(23(24,8-4)14-11-7-3)18-22(19-21)26-16-13-10-6-2/h17-19H,5-16,24H2,1-4H3. The zero-order valence-corrected chi connectivity index (χ0v) is 18.0. The molecule has 0 radical (unpaired) electrons. The van der Waals surface area contributed by atoms with Crippen LogP contribution in [0.2, 0.25) is 0 Å². The molecule has 0 aliphatic heterocycles. The number of hydrogen-bond acceptors (Lipinski definition) is 2. The summed E-state index contributed by atoms with van der Waals surface area (Å²) >= 11 is 0. The van der Waals surface area contributed by atoms with E-state index in [0.29, 0.717) is 0 Å². The van der Waals surface area contributed by atoms with Crippen molar-refractivity contribution in [3.8, 4) is 11.5 Å². The SMILES string of the molecule is BC(CC)(CCCC)c1cc(OCCCCC)cc(OCCCCC)c1. The van der Waals surface area contributed by atoms with Gasteiger partial charge in [-0.1, -0.05) is 79.1 Å². The van der Waals surface area contributed by atoms with Crippen LogP contribution >= 0.6 is 0 Å². The molecule has 1 atom stereocenters. The monoisotopic (exact) mass is 360 g/mol. The average molecular weight is 360 g/mol. The summed E-state index contributed by atoms with van der Waals surface area (Å²) in [6, 6.07) is 6.59. The van der Waals surface area contributed by atoms with Gasteiger partial charge in [0.25, 0.3) is 0 Å². The minimum Gasteiger partial charge on any atom is -0.493 e. The van der Waals surface area contributed by atoms with Crippen LogP contribution in [0.25, 0.3) is 0 Å². The zero-order valence-electron chi connectivity index (χ0n) is 18.0. The lowest BCUT2D eigenvalue weighted by molar-refractivity contribution is 0.290. The minimum absolute atomic E-state index is 0.195. The molecule has 148 valence electrons. The number of rotatable bonds is 15. The van der Waals surface area contributed by atoms with Crippen LogP contribution in [0.1, 0.15) is 97.5 Å². The van der Waals surface area contributed by atoms with Gasteiger partial charge >= 0.3 is 0 Å². The Kier molecular flexibility index (Phi) is 11.6. The number of hydrogen-bond donors (Lipinski definition) is 0. The molecule has 0 saturated carbocycles. The van der Waals surface area contributed by atoms with E-state index in [4.69, 9.17) is 9.47 Å². The van der Waals surface area contributed by atoms with Gasteiger partial charge in [0.2, 0.25) is 0 Å². The molecule has 1 aromatic rings. The molecule has 1 aromatic carbocycles. The van der Waals surface area contributed by atoms with Crippen molar-refractivity contribution in [2.45, 2.75) is 97.2 Å². The lowest BCUT2D eigenvalue weighted by Gasteiger charge is -2.30. The first kappa shape index (κ1) is 22.9. The Morgan fingerprint density at radius 1 is 0.731 bits per heavy atom. The van der Waals surface area contributed by atoms with Crippen molar-refractivity contribution in [1.82, 2.24) is 0 Å². The van der Waals surface area contributed by atoms with Crippen molar-refractivity contribution in [3.05, 3.63) is 23.8 Å². The third-order valence-electron chi connectivity index (χ3n) is 5.47. The van der Waals surface area contributed by atoms with Gasteiger partial charge in [0, 0.05) is 6.07 Å². The van der Waals surface area contributed by atoms with E-state index >= 15 is 0 Å². The van der Waals surface area contributed by atoms with E-state index < -0.39 is 0 Å². The summed E-state index contributed by atoms with van der Waals surface area (Å²) in [5, 5.41) is 0.195. The third-order valence-corrected chi connectivity index (χ3v) is 5.47. The van der Waals surface area contributed by atoms with Gasteiger partial charge in [0.1, 0.15) is 19.3 Å². The van der Waals surface area contributed by atoms with Gasteiger partial charge < -0.3 is 9.47 Å². The first-order valence-electron chi connectivity index (χ1n) is 11.0. The molecule has 0 aromatic heterocycles. The lowest BCUT2D eigenvalue weighted by atomic mass is 9.60. The predicted molar refractivity (Wildman–Crippen MR) is 117 cm³/mol. The van der Waals surface area contributed by atoms with Crippen molar-refractivity contribution >= 4 is 7.85 Å². The Morgan fingerprint density at radius 2 is 1.23 bits per heavy atom. The van der Waals surface area contributed by atoms with Crippen molar-refractivity contribution < 1.29 is 9.47 Å². The second-order valence-corrected chi connectivity index (χ2v) is 7.82. The van der Waals surface area contributed by atoms with Crippen LogP contribution in [-0.2, 0) is 5.31 Å². The van der Waals surface area contributed by atoms with Gasteiger partial charge in [-0.3, -0.25) is 0 Å². The summed E-state index contributed by atoms with van der Waals surface area (Å²) in [4.78, 5) is 0. The molecule has 0 amide bonds. The molecule has 2 nitrogen and oxygen atoms in total. The fourth-order valence-electron chi connectivity index (χ4n) is 3.26. The summed E-state index contributed by atoms with van der Waals surface area (Å²) in [5.74, 6) is 1.94. The highest BCUT2D eigenvalue weighted by Gasteiger charge is 2.25. The first-order valence-corrected chi connectivity index (χ1v) is 11.0. The molecule has 0 aliphatic carbocycles. The Bertz CT molecular complexity index is 459. The van der Waals surface area contributed by atoms with Crippen LogP contribution in [0.5, 0.6) is 11.5 Å². The molecular formula is C23H41BO2. The maximum Gasteiger partial charge on any atom is 0.123 e. The van der Waals surface area contributed by atoms with Crippen molar-refractivity contribution in [1.29, 1.82) is 0 Å². The van der Waals surface area contributed by atoms with Gasteiger partial charge in [-0.2, -0.15) is 0 Å². The van der Waals surface area contributed by atoms with E-state index in [1.54, 1.807) is 0 Å². The summed E-state index contributed by atoms with van der Waals surface area (Å²) in [7, 11) is 2.39. The van der Waals surface area contributed by atoms with Crippen molar-refractivity contribution in [3.63, 3.8) is 0 Å². The van der Waals surface area contributed by atoms with Crippen LogP contribution in [0.15, 0.2) is 18.2 Å². The molecule has 0 spiro atoms. The molecule has 0 aliphatic rings. The molecule has 3 heteroatoms. The molecule has 1 rings (SSSR count). The maximum atomic E-state index is 6.08. The molecule has 0 heterocycles. The smallest absolute Gasteiger partial charge is 0.123 e. The normalized spacial score (nSPS) is 13.4. The third kappa shape index (κ3) is 8.06. The predicted octanol–water partition coefficient (Wildman–Crippen LogP) is 6.25. The first-order chi connectivity index (χ1) is 12.6. The largest absolute Gasteiger partial charge is 0.493 e. The van der Waals surface area contributed by atoms with Crippen LogP contribution in [0.3, 0.4) is 0 Å². The van der Waals surface area contributed by atoms with Crippen molar-refractivity contribution in [2.75, 3.05) is 13.2 Å². The fraction of sp³-hybridized carbons (Fsp3) is 0.739. The van der Waals surface area contributed by atoms with Crippen LogP contribution in [-0.4, -0.2) is 21.1 Å². The van der Waals surface area contributed by atoms with E-state index in [0.717, 1.165) is 44.0 Å². The minimum atomic E-state index is 0.195. The number of ether oxygens (including phenoxy) is 2. The second-order valence-electron chi connectivity index (χ2n) is 7.82. The lowest BCUT2D eigenvalue weighted by Crippen LogP contribution is -2.25. The van der Waals surface area contributed by atoms with E-state index in [9.17, 15) is 0 Å². The molecule has 1 unspecified atom stereocenters. The van der Waals surface area contributed by atoms with E-state index in [1.165, 1.54) is 50.5 Å². The van der Waals surface area contributed by atoms with Gasteiger partial charge in [-0.25, -0.2) is 0 Å². The second kappa shape index (κ2) is 13.1. The van der Waals surface area contributed by atoms with Crippen LogP contribution < -0.4 is 9.47 Å². The van der Waals surface area contributed by atoms with E-state index in [2.05, 4.69) is 53.7 Å². The summed E-state index contributed by atoms with van der Waals surface area (Å²) in [6.07, 6.45) is 12.0. The average Bonchev–Trinajstić information content (AvgIpc) is 2.66. The molecule has 0 fully saturated rings. The Morgan fingerprint density at radius 3 is 1.65 bits per heavy atom. The fourth-order valence-corrected chi connectivity index (χ4v) is 3.26. The number of unbranched alkanes of at least 4 members (excludes halogenated alkanes) is 5. The molecular weight excluding hydrogens is 319 g/mol. The zero-order chi connectivity index (χ0) is 19.3. The van der Waals surface area contributed by atoms with Gasteiger partial charge in [0.15, 0.2) is 0 Å². The van der Waals surface area contributed by atoms with Gasteiger partial charge in [-0.05, 0) is 35.9 Å². The Hall–Kier alpha value is -1.12. The maximum absolute atomic E-state index is 6.08. The molecule has 0 bridgehead atoms. The molecule has 0 saturated heterocycles. The highest BCUT2D eigenvalue weighted by Crippen LogP contribution is 2.35. The highest BCUT2D eigenvalue weighted by atomic mass is 16.5. The van der Waals surface area contributed by atoms with E-state index in [-0.39, 0.29) is 5.31 Å².